The summed E-state index contributed by atoms with van der Waals surface area (Å²) in [6.45, 7) is 1.69. The van der Waals surface area contributed by atoms with Crippen LogP contribution < -0.4 is 0 Å². The Morgan fingerprint density at radius 2 is 1.31 bits per heavy atom. The zero-order valence-corrected chi connectivity index (χ0v) is 8.04. The topological polar surface area (TPSA) is 27.7 Å². The molecule has 0 N–H and O–H groups in total. The molecule has 0 aromatic rings. The van der Waals surface area contributed by atoms with Gasteiger partial charge in [0.15, 0.2) is 12.6 Å². The molecule has 0 radical (unpaired) electrons. The van der Waals surface area contributed by atoms with Crippen LogP contribution in [0.4, 0.5) is 0 Å². The Kier molecular flexibility index (Phi) is 3.58. The van der Waals surface area contributed by atoms with E-state index in [1.807, 2.05) is 0 Å². The van der Waals surface area contributed by atoms with Crippen molar-refractivity contribution in [3.05, 3.63) is 0 Å². The van der Waals surface area contributed by atoms with Gasteiger partial charge in [0.1, 0.15) is 0 Å². The van der Waals surface area contributed by atoms with Crippen LogP contribution in [0.25, 0.3) is 0 Å². The van der Waals surface area contributed by atoms with Crippen molar-refractivity contribution in [1.29, 1.82) is 0 Å². The molecule has 2 aliphatic rings. The number of hydrogen-bond acceptors (Lipinski definition) is 3. The standard InChI is InChI=1S/C10H18O3/c1-3-7-11-9(5-1)13-10-6-2-4-8-12-10/h9-10H,1-8H2/t9-,10-/m0/s1. The second-order valence-corrected chi connectivity index (χ2v) is 3.73. The van der Waals surface area contributed by atoms with Gasteiger partial charge in [0.05, 0.1) is 0 Å². The minimum atomic E-state index is -0.00292. The van der Waals surface area contributed by atoms with Gasteiger partial charge < -0.3 is 14.2 Å². The first-order chi connectivity index (χ1) is 6.45. The van der Waals surface area contributed by atoms with Crippen molar-refractivity contribution < 1.29 is 14.2 Å². The molecule has 0 spiro atoms. The first-order valence-corrected chi connectivity index (χ1v) is 5.34. The van der Waals surface area contributed by atoms with E-state index in [1.165, 1.54) is 25.7 Å². The summed E-state index contributed by atoms with van der Waals surface area (Å²) in [4.78, 5) is 0. The minimum absolute atomic E-state index is 0.00292. The van der Waals surface area contributed by atoms with Crippen molar-refractivity contribution in [1.82, 2.24) is 0 Å². The zero-order valence-electron chi connectivity index (χ0n) is 8.04. The molecule has 0 bridgehead atoms. The van der Waals surface area contributed by atoms with Gasteiger partial charge in [0.2, 0.25) is 0 Å². The van der Waals surface area contributed by atoms with Crippen LogP contribution in [0.15, 0.2) is 0 Å². The molecule has 2 heterocycles. The predicted molar refractivity (Wildman–Crippen MR) is 48.3 cm³/mol. The highest BCUT2D eigenvalue weighted by molar-refractivity contribution is 4.58. The fourth-order valence-electron chi connectivity index (χ4n) is 1.81. The van der Waals surface area contributed by atoms with Crippen LogP contribution in [0, 0.1) is 0 Å². The van der Waals surface area contributed by atoms with Gasteiger partial charge in [-0.1, -0.05) is 0 Å². The Labute approximate surface area is 79.4 Å². The van der Waals surface area contributed by atoms with Crippen molar-refractivity contribution in [3.63, 3.8) is 0 Å². The van der Waals surface area contributed by atoms with E-state index in [2.05, 4.69) is 0 Å². The summed E-state index contributed by atoms with van der Waals surface area (Å²) in [6, 6.07) is 0. The molecule has 3 nitrogen and oxygen atoms in total. The van der Waals surface area contributed by atoms with E-state index in [4.69, 9.17) is 14.2 Å². The summed E-state index contributed by atoms with van der Waals surface area (Å²) in [5, 5.41) is 0. The summed E-state index contributed by atoms with van der Waals surface area (Å²) in [6.07, 6.45) is 6.83. The summed E-state index contributed by atoms with van der Waals surface area (Å²) < 4.78 is 16.6. The molecule has 2 aliphatic heterocycles. The zero-order chi connectivity index (χ0) is 8.93. The molecular weight excluding hydrogens is 168 g/mol. The fraction of sp³-hybridized carbons (Fsp3) is 1.00. The second-order valence-electron chi connectivity index (χ2n) is 3.73. The highest BCUT2D eigenvalue weighted by atomic mass is 16.8. The molecule has 0 unspecified atom stereocenters. The third-order valence-electron chi connectivity index (χ3n) is 2.58. The molecule has 0 amide bonds. The molecule has 13 heavy (non-hydrogen) atoms. The van der Waals surface area contributed by atoms with Crippen molar-refractivity contribution in [2.75, 3.05) is 13.2 Å². The Morgan fingerprint density at radius 1 is 0.769 bits per heavy atom. The SMILES string of the molecule is C1CC[C@H](O[C@H]2CCCCO2)OC1. The van der Waals surface area contributed by atoms with E-state index in [0.29, 0.717) is 0 Å². The maximum absolute atomic E-state index is 5.69. The molecule has 0 aromatic heterocycles. The van der Waals surface area contributed by atoms with Crippen LogP contribution in [-0.2, 0) is 14.2 Å². The largest absolute Gasteiger partial charge is 0.353 e. The smallest absolute Gasteiger partial charge is 0.160 e. The first kappa shape index (κ1) is 9.44. The number of hydrogen-bond donors (Lipinski definition) is 0. The molecule has 0 aromatic carbocycles. The Hall–Kier alpha value is -0.120. The van der Waals surface area contributed by atoms with Gasteiger partial charge in [0, 0.05) is 13.2 Å². The molecule has 0 saturated carbocycles. The van der Waals surface area contributed by atoms with Gasteiger partial charge >= 0.3 is 0 Å². The lowest BCUT2D eigenvalue weighted by atomic mass is 10.2. The van der Waals surface area contributed by atoms with Crippen LogP contribution in [0.3, 0.4) is 0 Å². The van der Waals surface area contributed by atoms with Gasteiger partial charge in [-0.3, -0.25) is 0 Å². The van der Waals surface area contributed by atoms with Crippen LogP contribution in [0.5, 0.6) is 0 Å². The third-order valence-corrected chi connectivity index (χ3v) is 2.58. The lowest BCUT2D eigenvalue weighted by molar-refractivity contribution is -0.264. The average Bonchev–Trinajstić information content (AvgIpc) is 2.21. The molecule has 2 fully saturated rings. The lowest BCUT2D eigenvalue weighted by Crippen LogP contribution is -2.31. The van der Waals surface area contributed by atoms with Gasteiger partial charge in [0.25, 0.3) is 0 Å². The van der Waals surface area contributed by atoms with Crippen molar-refractivity contribution in [2.45, 2.75) is 51.1 Å². The molecule has 3 heteroatoms. The molecule has 2 atom stereocenters. The monoisotopic (exact) mass is 186 g/mol. The molecule has 2 saturated heterocycles. The average molecular weight is 186 g/mol. The summed E-state index contributed by atoms with van der Waals surface area (Å²) in [7, 11) is 0. The Bertz CT molecular complexity index is 121. The van der Waals surface area contributed by atoms with E-state index >= 15 is 0 Å². The van der Waals surface area contributed by atoms with E-state index in [9.17, 15) is 0 Å². The van der Waals surface area contributed by atoms with Crippen molar-refractivity contribution in [2.24, 2.45) is 0 Å². The van der Waals surface area contributed by atoms with E-state index in [0.717, 1.165) is 26.1 Å². The molecule has 2 rings (SSSR count). The van der Waals surface area contributed by atoms with Gasteiger partial charge in [-0.15, -0.1) is 0 Å². The maximum Gasteiger partial charge on any atom is 0.160 e. The van der Waals surface area contributed by atoms with Crippen LogP contribution in [0.1, 0.15) is 38.5 Å². The normalized spacial score (nSPS) is 36.0. The Balaban J connectivity index is 1.69. The third kappa shape index (κ3) is 2.93. The highest BCUT2D eigenvalue weighted by Gasteiger charge is 2.21. The van der Waals surface area contributed by atoms with Gasteiger partial charge in [-0.05, 0) is 38.5 Å². The highest BCUT2D eigenvalue weighted by Crippen LogP contribution is 2.20. The van der Waals surface area contributed by atoms with Crippen molar-refractivity contribution >= 4 is 0 Å². The van der Waals surface area contributed by atoms with E-state index in [-0.39, 0.29) is 12.6 Å². The van der Waals surface area contributed by atoms with E-state index in [1.54, 1.807) is 0 Å². The fourth-order valence-corrected chi connectivity index (χ4v) is 1.81. The summed E-state index contributed by atoms with van der Waals surface area (Å²) in [5.74, 6) is 0. The van der Waals surface area contributed by atoms with Crippen LogP contribution in [-0.4, -0.2) is 25.8 Å². The first-order valence-electron chi connectivity index (χ1n) is 5.34. The summed E-state index contributed by atoms with van der Waals surface area (Å²) in [5.41, 5.74) is 0. The number of ether oxygens (including phenoxy) is 3. The molecule has 0 aliphatic carbocycles. The van der Waals surface area contributed by atoms with E-state index < -0.39 is 0 Å². The summed E-state index contributed by atoms with van der Waals surface area (Å²) >= 11 is 0. The van der Waals surface area contributed by atoms with Crippen LogP contribution in [0.2, 0.25) is 0 Å². The Morgan fingerprint density at radius 3 is 1.69 bits per heavy atom. The maximum atomic E-state index is 5.69. The van der Waals surface area contributed by atoms with Gasteiger partial charge in [-0.25, -0.2) is 0 Å². The van der Waals surface area contributed by atoms with Crippen molar-refractivity contribution in [3.8, 4) is 0 Å². The minimum Gasteiger partial charge on any atom is -0.353 e. The molecular formula is C10H18O3. The second kappa shape index (κ2) is 4.94. The number of rotatable bonds is 2. The lowest BCUT2D eigenvalue weighted by Gasteiger charge is -2.29. The quantitative estimate of drug-likeness (QED) is 0.660. The van der Waals surface area contributed by atoms with Crippen LogP contribution >= 0.6 is 0 Å². The van der Waals surface area contributed by atoms with Gasteiger partial charge in [-0.2, -0.15) is 0 Å². The molecule has 76 valence electrons. The predicted octanol–water partition coefficient (Wildman–Crippen LogP) is 2.06.